The number of ether oxygens (including phenoxy) is 2. The van der Waals surface area contributed by atoms with Crippen LogP contribution >= 0.6 is 0 Å². The molecule has 94 valence electrons. The molecule has 0 aliphatic rings. The third-order valence-electron chi connectivity index (χ3n) is 1.85. The van der Waals surface area contributed by atoms with Crippen LogP contribution < -0.4 is 0 Å². The molecule has 0 atom stereocenters. The van der Waals surface area contributed by atoms with E-state index in [1.807, 2.05) is 0 Å². The summed E-state index contributed by atoms with van der Waals surface area (Å²) >= 11 is 0. The van der Waals surface area contributed by atoms with E-state index in [4.69, 9.17) is 5.11 Å². The largest absolute Gasteiger partial charge is 0.392 e. The van der Waals surface area contributed by atoms with Crippen molar-refractivity contribution in [3.63, 3.8) is 0 Å². The highest BCUT2D eigenvalue weighted by Crippen LogP contribution is 2.07. The Balaban J connectivity index is 2.76. The summed E-state index contributed by atoms with van der Waals surface area (Å²) in [5, 5.41) is 8.39. The second-order valence-corrected chi connectivity index (χ2v) is 3.00. The minimum atomic E-state index is -1.08. The quantitative estimate of drug-likeness (QED) is 0.444. The molecule has 0 fully saturated rings. The highest BCUT2D eigenvalue weighted by atomic mass is 16.6. The van der Waals surface area contributed by atoms with E-state index in [0.29, 0.717) is 0 Å². The fourth-order valence-electron chi connectivity index (χ4n) is 1.05. The third kappa shape index (κ3) is 3.49. The van der Waals surface area contributed by atoms with Gasteiger partial charge >= 0.3 is 24.4 Å². The van der Waals surface area contributed by atoms with Crippen molar-refractivity contribution >= 4 is 24.4 Å². The van der Waals surface area contributed by atoms with Crippen LogP contribution in [0.1, 0.15) is 20.7 Å². The molecule has 0 unspecified atom stereocenters. The zero-order chi connectivity index (χ0) is 13.5. The molecule has 1 aromatic rings. The van der Waals surface area contributed by atoms with Gasteiger partial charge in [0.25, 0.3) is 0 Å². The van der Waals surface area contributed by atoms with Crippen molar-refractivity contribution in [1.82, 2.24) is 0 Å². The minimum Gasteiger partial charge on any atom is -0.392 e. The van der Waals surface area contributed by atoms with Gasteiger partial charge in [-0.25, -0.2) is 14.4 Å². The number of esters is 3. The van der Waals surface area contributed by atoms with E-state index >= 15 is 0 Å². The van der Waals surface area contributed by atoms with Gasteiger partial charge in [-0.1, -0.05) is 0 Å². The Hall–Kier alpha value is -2.54. The van der Waals surface area contributed by atoms with Crippen LogP contribution in [0.5, 0.6) is 0 Å². The van der Waals surface area contributed by atoms with Gasteiger partial charge in [-0.05, 0) is 24.3 Å². The normalized spacial score (nSPS) is 9.39. The van der Waals surface area contributed by atoms with Gasteiger partial charge in [0, 0.05) is 0 Å². The maximum absolute atomic E-state index is 11.3. The lowest BCUT2D eigenvalue weighted by atomic mass is 10.1. The van der Waals surface area contributed by atoms with Gasteiger partial charge in [-0.3, -0.25) is 4.79 Å². The molecule has 7 heteroatoms. The standard InChI is InChI=1S/C11H8O7/c12-5-9(14)18-11(16)8-3-1-7(2-4-8)10(15)17-6-13/h1-4,6,12H,5H2. The molecular weight excluding hydrogens is 244 g/mol. The van der Waals surface area contributed by atoms with Gasteiger partial charge in [0.15, 0.2) is 0 Å². The summed E-state index contributed by atoms with van der Waals surface area (Å²) in [6.45, 7) is -0.917. The Morgan fingerprint density at radius 3 is 2.00 bits per heavy atom. The monoisotopic (exact) mass is 252 g/mol. The molecule has 0 saturated carbocycles. The number of benzene rings is 1. The van der Waals surface area contributed by atoms with E-state index in [1.165, 1.54) is 24.3 Å². The van der Waals surface area contributed by atoms with E-state index in [9.17, 15) is 19.2 Å². The molecule has 1 rings (SSSR count). The smallest absolute Gasteiger partial charge is 0.345 e. The van der Waals surface area contributed by atoms with E-state index < -0.39 is 24.5 Å². The molecule has 0 heterocycles. The van der Waals surface area contributed by atoms with Crippen LogP contribution in [0.25, 0.3) is 0 Å². The summed E-state index contributed by atoms with van der Waals surface area (Å²) < 4.78 is 8.32. The second kappa shape index (κ2) is 6.26. The Labute approximate surface area is 101 Å². The van der Waals surface area contributed by atoms with Crippen molar-refractivity contribution in [2.75, 3.05) is 6.61 Å². The third-order valence-corrected chi connectivity index (χ3v) is 1.85. The van der Waals surface area contributed by atoms with E-state index in [-0.39, 0.29) is 17.6 Å². The molecule has 0 aliphatic carbocycles. The summed E-state index contributed by atoms with van der Waals surface area (Å²) in [4.78, 5) is 43.0. The summed E-state index contributed by atoms with van der Waals surface area (Å²) in [6, 6.07) is 4.89. The average molecular weight is 252 g/mol. The molecule has 1 N–H and O–H groups in total. The second-order valence-electron chi connectivity index (χ2n) is 3.00. The number of carbonyl (C=O) groups is 4. The maximum atomic E-state index is 11.3. The van der Waals surface area contributed by atoms with E-state index in [2.05, 4.69) is 9.47 Å². The SMILES string of the molecule is O=COC(=O)c1ccc(C(=O)OC(=O)CO)cc1. The lowest BCUT2D eigenvalue weighted by Gasteiger charge is -2.02. The zero-order valence-electron chi connectivity index (χ0n) is 8.99. The van der Waals surface area contributed by atoms with Gasteiger partial charge in [0.1, 0.15) is 6.61 Å². The predicted molar refractivity (Wildman–Crippen MR) is 55.4 cm³/mol. The van der Waals surface area contributed by atoms with Crippen molar-refractivity contribution in [3.8, 4) is 0 Å². The van der Waals surface area contributed by atoms with Gasteiger partial charge in [0.05, 0.1) is 11.1 Å². The van der Waals surface area contributed by atoms with Crippen LogP contribution in [0.3, 0.4) is 0 Å². The molecule has 0 radical (unpaired) electrons. The van der Waals surface area contributed by atoms with Crippen molar-refractivity contribution in [1.29, 1.82) is 0 Å². The van der Waals surface area contributed by atoms with Gasteiger partial charge in [0.2, 0.25) is 0 Å². The summed E-state index contributed by atoms with van der Waals surface area (Å²) in [6.07, 6.45) is 0. The number of hydrogen-bond donors (Lipinski definition) is 1. The fraction of sp³-hybridized carbons (Fsp3) is 0.0909. The molecule has 0 spiro atoms. The Morgan fingerprint density at radius 1 is 1.06 bits per heavy atom. The summed E-state index contributed by atoms with van der Waals surface area (Å²) in [5.74, 6) is -2.90. The van der Waals surface area contributed by atoms with Gasteiger partial charge in [-0.2, -0.15) is 0 Å². The first-order valence-corrected chi connectivity index (χ1v) is 4.69. The van der Waals surface area contributed by atoms with Gasteiger partial charge < -0.3 is 14.6 Å². The number of aliphatic hydroxyl groups is 1. The topological polar surface area (TPSA) is 107 Å². The number of carbonyl (C=O) groups excluding carboxylic acids is 4. The zero-order valence-corrected chi connectivity index (χ0v) is 8.99. The van der Waals surface area contributed by atoms with Crippen LogP contribution in [-0.4, -0.2) is 36.1 Å². The summed E-state index contributed by atoms with van der Waals surface area (Å²) in [7, 11) is 0. The fourth-order valence-corrected chi connectivity index (χ4v) is 1.05. The van der Waals surface area contributed by atoms with Gasteiger partial charge in [-0.15, -0.1) is 0 Å². The average Bonchev–Trinajstić information content (AvgIpc) is 2.39. The van der Waals surface area contributed by atoms with Crippen LogP contribution in [0, 0.1) is 0 Å². The number of rotatable bonds is 4. The number of aliphatic hydroxyl groups excluding tert-OH is 1. The van der Waals surface area contributed by atoms with Crippen LogP contribution in [-0.2, 0) is 19.1 Å². The maximum Gasteiger partial charge on any atom is 0.345 e. The Bertz CT molecular complexity index is 475. The van der Waals surface area contributed by atoms with Crippen molar-refractivity contribution < 1.29 is 33.8 Å². The molecule has 0 amide bonds. The van der Waals surface area contributed by atoms with E-state index in [0.717, 1.165) is 0 Å². The first-order chi connectivity index (χ1) is 8.58. The molecule has 0 aliphatic heterocycles. The molecular formula is C11H8O7. The first-order valence-electron chi connectivity index (χ1n) is 4.69. The molecule has 18 heavy (non-hydrogen) atoms. The summed E-state index contributed by atoms with van der Waals surface area (Å²) in [5.41, 5.74) is 0.0755. The first kappa shape index (κ1) is 13.5. The lowest BCUT2D eigenvalue weighted by Crippen LogP contribution is -2.15. The molecule has 0 bridgehead atoms. The van der Waals surface area contributed by atoms with E-state index in [1.54, 1.807) is 0 Å². The van der Waals surface area contributed by atoms with Crippen LogP contribution in [0.15, 0.2) is 24.3 Å². The highest BCUT2D eigenvalue weighted by molar-refractivity contribution is 5.98. The van der Waals surface area contributed by atoms with Crippen molar-refractivity contribution in [2.45, 2.75) is 0 Å². The number of hydrogen-bond acceptors (Lipinski definition) is 7. The van der Waals surface area contributed by atoms with Crippen LogP contribution in [0.2, 0.25) is 0 Å². The molecule has 7 nitrogen and oxygen atoms in total. The van der Waals surface area contributed by atoms with Crippen molar-refractivity contribution in [2.24, 2.45) is 0 Å². The highest BCUT2D eigenvalue weighted by Gasteiger charge is 2.13. The Kier molecular flexibility index (Phi) is 4.70. The van der Waals surface area contributed by atoms with Crippen molar-refractivity contribution in [3.05, 3.63) is 35.4 Å². The lowest BCUT2D eigenvalue weighted by molar-refractivity contribution is -0.141. The van der Waals surface area contributed by atoms with Crippen LogP contribution in [0.4, 0.5) is 0 Å². The molecule has 0 saturated heterocycles. The molecule has 0 aromatic heterocycles. The predicted octanol–water partition coefficient (Wildman–Crippen LogP) is -0.325. The molecule has 1 aromatic carbocycles. The minimum absolute atomic E-state index is 0.00950. The Morgan fingerprint density at radius 2 is 1.56 bits per heavy atom.